The molecule has 1 aromatic rings. The number of hydrogen-bond donors (Lipinski definition) is 1. The smallest absolute Gasteiger partial charge is 0.311 e. The summed E-state index contributed by atoms with van der Waals surface area (Å²) in [5.41, 5.74) is 1.34. The molecule has 3 nitrogen and oxygen atoms in total. The lowest BCUT2D eigenvalue weighted by Crippen LogP contribution is -2.39. The molecule has 110 valence electrons. The number of hydrogen-bond acceptors (Lipinski definition) is 2. The molecular weight excluding hydrogens is 257 g/mol. The Morgan fingerprint density at radius 3 is 2.70 bits per heavy atom. The van der Waals surface area contributed by atoms with Gasteiger partial charge in [0.25, 0.3) is 0 Å². The standard InChI is InChI=1S/C16H22FNO2/c1-11(2)16(15(19)20)6-7-18(10-16)9-13-4-5-14(17)8-12(13)3/h4-5,8,11H,6-7,9-10H2,1-3H3,(H,19,20). The Morgan fingerprint density at radius 2 is 2.20 bits per heavy atom. The molecule has 1 unspecified atom stereocenters. The van der Waals surface area contributed by atoms with E-state index in [1.165, 1.54) is 12.1 Å². The zero-order valence-corrected chi connectivity index (χ0v) is 12.3. The number of aliphatic carboxylic acids is 1. The lowest BCUT2D eigenvalue weighted by molar-refractivity contribution is -0.151. The first-order chi connectivity index (χ1) is 9.35. The molecule has 0 aromatic heterocycles. The molecule has 0 radical (unpaired) electrons. The van der Waals surface area contributed by atoms with E-state index in [9.17, 15) is 14.3 Å². The van der Waals surface area contributed by atoms with E-state index < -0.39 is 11.4 Å². The van der Waals surface area contributed by atoms with Crippen molar-refractivity contribution in [3.05, 3.63) is 35.1 Å². The minimum absolute atomic E-state index is 0.110. The third-order valence-corrected chi connectivity index (χ3v) is 4.61. The highest BCUT2D eigenvalue weighted by atomic mass is 19.1. The molecule has 1 fully saturated rings. The van der Waals surface area contributed by atoms with E-state index in [-0.39, 0.29) is 11.7 Å². The summed E-state index contributed by atoms with van der Waals surface area (Å²) in [6.45, 7) is 7.87. The third kappa shape index (κ3) is 2.70. The molecule has 1 aliphatic heterocycles. The first-order valence-electron chi connectivity index (χ1n) is 7.06. The van der Waals surface area contributed by atoms with Gasteiger partial charge in [-0.25, -0.2) is 4.39 Å². The molecule has 1 aliphatic rings. The van der Waals surface area contributed by atoms with Gasteiger partial charge in [0.05, 0.1) is 5.41 Å². The van der Waals surface area contributed by atoms with Crippen LogP contribution in [0.5, 0.6) is 0 Å². The van der Waals surface area contributed by atoms with Gasteiger partial charge in [-0.15, -0.1) is 0 Å². The molecule has 1 heterocycles. The number of likely N-dealkylation sites (tertiary alicyclic amines) is 1. The fourth-order valence-electron chi connectivity index (χ4n) is 3.02. The summed E-state index contributed by atoms with van der Waals surface area (Å²) >= 11 is 0. The van der Waals surface area contributed by atoms with E-state index in [4.69, 9.17) is 0 Å². The second-order valence-electron chi connectivity index (χ2n) is 6.15. The number of aryl methyl sites for hydroxylation is 1. The first-order valence-corrected chi connectivity index (χ1v) is 7.06. The SMILES string of the molecule is Cc1cc(F)ccc1CN1CCC(C(=O)O)(C(C)C)C1. The molecule has 1 aromatic carbocycles. The highest BCUT2D eigenvalue weighted by Gasteiger charge is 2.47. The number of carboxylic acids is 1. The average Bonchev–Trinajstić information content (AvgIpc) is 2.78. The second-order valence-corrected chi connectivity index (χ2v) is 6.15. The summed E-state index contributed by atoms with van der Waals surface area (Å²) in [7, 11) is 0. The van der Waals surface area contributed by atoms with Crippen LogP contribution in [0.25, 0.3) is 0 Å². The normalized spacial score (nSPS) is 23.4. The summed E-state index contributed by atoms with van der Waals surface area (Å²) < 4.78 is 13.1. The zero-order chi connectivity index (χ0) is 14.9. The highest BCUT2D eigenvalue weighted by molar-refractivity contribution is 5.75. The van der Waals surface area contributed by atoms with Gasteiger partial charge in [-0.2, -0.15) is 0 Å². The van der Waals surface area contributed by atoms with Gasteiger partial charge in [0.15, 0.2) is 0 Å². The largest absolute Gasteiger partial charge is 0.481 e. The van der Waals surface area contributed by atoms with Crippen molar-refractivity contribution >= 4 is 5.97 Å². The average molecular weight is 279 g/mol. The molecule has 2 rings (SSSR count). The number of halogens is 1. The molecule has 0 saturated carbocycles. The lowest BCUT2D eigenvalue weighted by atomic mass is 9.76. The Labute approximate surface area is 119 Å². The number of carboxylic acid groups (broad SMARTS) is 1. The van der Waals surface area contributed by atoms with Crippen molar-refractivity contribution < 1.29 is 14.3 Å². The van der Waals surface area contributed by atoms with Crippen LogP contribution in [0.4, 0.5) is 4.39 Å². The van der Waals surface area contributed by atoms with Crippen molar-refractivity contribution in [2.24, 2.45) is 11.3 Å². The maximum Gasteiger partial charge on any atom is 0.311 e. The van der Waals surface area contributed by atoms with Gasteiger partial charge >= 0.3 is 5.97 Å². The summed E-state index contributed by atoms with van der Waals surface area (Å²) in [6, 6.07) is 4.78. The molecule has 4 heteroatoms. The Kier molecular flexibility index (Phi) is 4.14. The zero-order valence-electron chi connectivity index (χ0n) is 12.3. The molecule has 1 atom stereocenters. The van der Waals surface area contributed by atoms with E-state index in [2.05, 4.69) is 4.90 Å². The van der Waals surface area contributed by atoms with Crippen LogP contribution in [0.3, 0.4) is 0 Å². The van der Waals surface area contributed by atoms with Crippen LogP contribution < -0.4 is 0 Å². The van der Waals surface area contributed by atoms with Gasteiger partial charge < -0.3 is 5.11 Å². The second kappa shape index (κ2) is 5.52. The number of rotatable bonds is 4. The quantitative estimate of drug-likeness (QED) is 0.921. The predicted molar refractivity (Wildman–Crippen MR) is 75.9 cm³/mol. The lowest BCUT2D eigenvalue weighted by Gasteiger charge is -2.29. The van der Waals surface area contributed by atoms with Crippen molar-refractivity contribution in [1.82, 2.24) is 4.90 Å². The minimum Gasteiger partial charge on any atom is -0.481 e. The van der Waals surface area contributed by atoms with Crippen LogP contribution in [0.1, 0.15) is 31.4 Å². The number of carbonyl (C=O) groups is 1. The van der Waals surface area contributed by atoms with Crippen molar-refractivity contribution in [1.29, 1.82) is 0 Å². The maximum absolute atomic E-state index is 13.1. The molecule has 1 saturated heterocycles. The fraction of sp³-hybridized carbons (Fsp3) is 0.562. The molecule has 0 aliphatic carbocycles. The summed E-state index contributed by atoms with van der Waals surface area (Å²) in [4.78, 5) is 13.8. The van der Waals surface area contributed by atoms with Crippen molar-refractivity contribution in [2.45, 2.75) is 33.7 Å². The van der Waals surface area contributed by atoms with Gasteiger partial charge in [0, 0.05) is 13.1 Å². The van der Waals surface area contributed by atoms with E-state index in [0.29, 0.717) is 19.5 Å². The van der Waals surface area contributed by atoms with Crippen molar-refractivity contribution in [2.75, 3.05) is 13.1 Å². The van der Waals surface area contributed by atoms with E-state index >= 15 is 0 Å². The van der Waals surface area contributed by atoms with Crippen LogP contribution in [0, 0.1) is 24.1 Å². The monoisotopic (exact) mass is 279 g/mol. The van der Waals surface area contributed by atoms with Gasteiger partial charge in [-0.3, -0.25) is 9.69 Å². The molecule has 1 N–H and O–H groups in total. The van der Waals surface area contributed by atoms with E-state index in [1.807, 2.05) is 20.8 Å². The van der Waals surface area contributed by atoms with E-state index in [0.717, 1.165) is 17.7 Å². The number of nitrogens with zero attached hydrogens (tertiary/aromatic N) is 1. The Bertz CT molecular complexity index is 515. The molecule has 0 bridgehead atoms. The topological polar surface area (TPSA) is 40.5 Å². The predicted octanol–water partition coefficient (Wildman–Crippen LogP) is 3.07. The Hall–Kier alpha value is -1.42. The van der Waals surface area contributed by atoms with Gasteiger partial charge in [-0.05, 0) is 49.1 Å². The fourth-order valence-corrected chi connectivity index (χ4v) is 3.02. The maximum atomic E-state index is 13.1. The van der Waals surface area contributed by atoms with Gasteiger partial charge in [0.1, 0.15) is 5.82 Å². The van der Waals surface area contributed by atoms with Gasteiger partial charge in [-0.1, -0.05) is 19.9 Å². The van der Waals surface area contributed by atoms with Crippen molar-refractivity contribution in [3.8, 4) is 0 Å². The van der Waals surface area contributed by atoms with Crippen LogP contribution in [-0.4, -0.2) is 29.1 Å². The van der Waals surface area contributed by atoms with Crippen LogP contribution in [0.2, 0.25) is 0 Å². The molecule has 0 spiro atoms. The highest BCUT2D eigenvalue weighted by Crippen LogP contribution is 2.38. The van der Waals surface area contributed by atoms with E-state index in [1.54, 1.807) is 6.07 Å². The summed E-state index contributed by atoms with van der Waals surface area (Å²) in [5.74, 6) is -0.820. The van der Waals surface area contributed by atoms with Crippen molar-refractivity contribution in [3.63, 3.8) is 0 Å². The Balaban J connectivity index is 2.11. The molecule has 20 heavy (non-hydrogen) atoms. The van der Waals surface area contributed by atoms with Crippen LogP contribution in [0.15, 0.2) is 18.2 Å². The van der Waals surface area contributed by atoms with Crippen LogP contribution in [-0.2, 0) is 11.3 Å². The van der Waals surface area contributed by atoms with Gasteiger partial charge in [0.2, 0.25) is 0 Å². The summed E-state index contributed by atoms with van der Waals surface area (Å²) in [6.07, 6.45) is 0.681. The minimum atomic E-state index is -0.703. The third-order valence-electron chi connectivity index (χ3n) is 4.61. The summed E-state index contributed by atoms with van der Waals surface area (Å²) in [5, 5.41) is 9.53. The first kappa shape index (κ1) is 15.0. The number of benzene rings is 1. The molecule has 0 amide bonds. The molecular formula is C16H22FNO2. The van der Waals surface area contributed by atoms with Crippen LogP contribution >= 0.6 is 0 Å². The Morgan fingerprint density at radius 1 is 1.50 bits per heavy atom.